The molecule has 1 amide bonds. The van der Waals surface area contributed by atoms with Crippen LogP contribution < -0.4 is 11.1 Å². The van der Waals surface area contributed by atoms with Gasteiger partial charge < -0.3 is 15.8 Å². The van der Waals surface area contributed by atoms with Crippen LogP contribution in [-0.2, 0) is 9.53 Å². The summed E-state index contributed by atoms with van der Waals surface area (Å²) in [4.78, 5) is 11.3. The second kappa shape index (κ2) is 7.63. The Hall–Kier alpha value is -0.610. The van der Waals surface area contributed by atoms with E-state index in [1.807, 2.05) is 0 Å². The van der Waals surface area contributed by atoms with Crippen LogP contribution in [0.2, 0.25) is 0 Å². The maximum atomic E-state index is 11.3. The number of rotatable bonds is 6. The van der Waals surface area contributed by atoms with Crippen molar-refractivity contribution in [3.8, 4) is 0 Å². The van der Waals surface area contributed by atoms with Crippen LogP contribution in [0.15, 0.2) is 0 Å². The third-order valence-electron chi connectivity index (χ3n) is 3.22. The van der Waals surface area contributed by atoms with E-state index in [-0.39, 0.29) is 12.5 Å². The minimum Gasteiger partial charge on any atom is -0.370 e. The SMILES string of the molecule is CC1CCC(CNC(=O)COCCN)CC1. The van der Waals surface area contributed by atoms with Gasteiger partial charge in [-0.1, -0.05) is 19.8 Å². The van der Waals surface area contributed by atoms with Crippen molar-refractivity contribution in [3.05, 3.63) is 0 Å². The lowest BCUT2D eigenvalue weighted by atomic mass is 9.83. The van der Waals surface area contributed by atoms with E-state index in [1.165, 1.54) is 25.7 Å². The van der Waals surface area contributed by atoms with Crippen molar-refractivity contribution in [2.24, 2.45) is 17.6 Å². The Labute approximate surface area is 97.9 Å². The van der Waals surface area contributed by atoms with E-state index < -0.39 is 0 Å². The van der Waals surface area contributed by atoms with Gasteiger partial charge >= 0.3 is 0 Å². The maximum Gasteiger partial charge on any atom is 0.246 e. The highest BCUT2D eigenvalue weighted by atomic mass is 16.5. The summed E-state index contributed by atoms with van der Waals surface area (Å²) in [6.45, 7) is 4.16. The summed E-state index contributed by atoms with van der Waals surface area (Å²) in [6.07, 6.45) is 5.07. The summed E-state index contributed by atoms with van der Waals surface area (Å²) in [5, 5.41) is 2.92. The number of carbonyl (C=O) groups is 1. The molecule has 1 rings (SSSR count). The molecule has 0 aromatic carbocycles. The summed E-state index contributed by atoms with van der Waals surface area (Å²) in [7, 11) is 0. The number of amides is 1. The Balaban J connectivity index is 2.03. The fourth-order valence-electron chi connectivity index (χ4n) is 2.09. The molecule has 0 radical (unpaired) electrons. The van der Waals surface area contributed by atoms with Gasteiger partial charge in [0.2, 0.25) is 5.91 Å². The van der Waals surface area contributed by atoms with Crippen molar-refractivity contribution in [1.82, 2.24) is 5.32 Å². The largest absolute Gasteiger partial charge is 0.370 e. The van der Waals surface area contributed by atoms with Crippen molar-refractivity contribution in [3.63, 3.8) is 0 Å². The quantitative estimate of drug-likeness (QED) is 0.664. The fourth-order valence-corrected chi connectivity index (χ4v) is 2.09. The maximum absolute atomic E-state index is 11.3. The molecule has 0 aromatic heterocycles. The Morgan fingerprint density at radius 2 is 2.06 bits per heavy atom. The average Bonchev–Trinajstić information content (AvgIpc) is 2.29. The van der Waals surface area contributed by atoms with Gasteiger partial charge in [-0.2, -0.15) is 0 Å². The Kier molecular flexibility index (Phi) is 6.42. The molecule has 3 N–H and O–H groups in total. The summed E-state index contributed by atoms with van der Waals surface area (Å²) >= 11 is 0. The van der Waals surface area contributed by atoms with E-state index >= 15 is 0 Å². The van der Waals surface area contributed by atoms with Gasteiger partial charge in [-0.3, -0.25) is 4.79 Å². The lowest BCUT2D eigenvalue weighted by Gasteiger charge is -2.26. The molecule has 1 aliphatic carbocycles. The molecule has 0 heterocycles. The zero-order chi connectivity index (χ0) is 11.8. The number of carbonyl (C=O) groups excluding carboxylic acids is 1. The number of hydrogen-bond donors (Lipinski definition) is 2. The van der Waals surface area contributed by atoms with Crippen molar-refractivity contribution in [2.75, 3.05) is 26.3 Å². The zero-order valence-corrected chi connectivity index (χ0v) is 10.2. The molecule has 0 unspecified atom stereocenters. The number of nitrogens with one attached hydrogen (secondary N) is 1. The molecule has 0 aliphatic heterocycles. The smallest absolute Gasteiger partial charge is 0.246 e. The van der Waals surface area contributed by atoms with Gasteiger partial charge in [0.05, 0.1) is 6.61 Å². The highest BCUT2D eigenvalue weighted by Gasteiger charge is 2.18. The molecule has 4 heteroatoms. The van der Waals surface area contributed by atoms with E-state index in [4.69, 9.17) is 10.5 Å². The van der Waals surface area contributed by atoms with Crippen LogP contribution in [0.1, 0.15) is 32.6 Å². The predicted molar refractivity (Wildman–Crippen MR) is 64.0 cm³/mol. The zero-order valence-electron chi connectivity index (χ0n) is 10.2. The van der Waals surface area contributed by atoms with E-state index in [2.05, 4.69) is 12.2 Å². The first-order valence-electron chi connectivity index (χ1n) is 6.27. The van der Waals surface area contributed by atoms with Gasteiger partial charge in [0.15, 0.2) is 0 Å². The van der Waals surface area contributed by atoms with Gasteiger partial charge in [0, 0.05) is 13.1 Å². The monoisotopic (exact) mass is 228 g/mol. The van der Waals surface area contributed by atoms with E-state index in [0.29, 0.717) is 19.1 Å². The Morgan fingerprint density at radius 1 is 1.38 bits per heavy atom. The molecule has 0 aromatic rings. The van der Waals surface area contributed by atoms with Crippen LogP contribution in [0.5, 0.6) is 0 Å². The molecular formula is C12H24N2O2. The van der Waals surface area contributed by atoms with Crippen molar-refractivity contribution in [1.29, 1.82) is 0 Å². The molecule has 0 saturated heterocycles. The minimum absolute atomic E-state index is 0.0212. The van der Waals surface area contributed by atoms with Crippen molar-refractivity contribution in [2.45, 2.75) is 32.6 Å². The topological polar surface area (TPSA) is 64.3 Å². The van der Waals surface area contributed by atoms with E-state index in [1.54, 1.807) is 0 Å². The second-order valence-electron chi connectivity index (χ2n) is 4.77. The van der Waals surface area contributed by atoms with Crippen LogP contribution in [0.25, 0.3) is 0 Å². The Bertz CT molecular complexity index is 201. The van der Waals surface area contributed by atoms with Crippen LogP contribution in [0.4, 0.5) is 0 Å². The molecule has 4 nitrogen and oxygen atoms in total. The summed E-state index contributed by atoms with van der Waals surface area (Å²) < 4.78 is 5.06. The molecular weight excluding hydrogens is 204 g/mol. The van der Waals surface area contributed by atoms with Gasteiger partial charge in [0.25, 0.3) is 0 Å². The Morgan fingerprint density at radius 3 is 2.69 bits per heavy atom. The molecule has 0 spiro atoms. The van der Waals surface area contributed by atoms with Crippen LogP contribution in [0, 0.1) is 11.8 Å². The van der Waals surface area contributed by atoms with Crippen LogP contribution >= 0.6 is 0 Å². The van der Waals surface area contributed by atoms with Gasteiger partial charge in [-0.15, -0.1) is 0 Å². The summed E-state index contributed by atoms with van der Waals surface area (Å²) in [6, 6.07) is 0. The molecule has 0 bridgehead atoms. The lowest BCUT2D eigenvalue weighted by molar-refractivity contribution is -0.125. The van der Waals surface area contributed by atoms with Crippen molar-refractivity contribution < 1.29 is 9.53 Å². The van der Waals surface area contributed by atoms with Gasteiger partial charge in [0.1, 0.15) is 6.61 Å². The molecule has 94 valence electrons. The first kappa shape index (κ1) is 13.5. The standard InChI is InChI=1S/C12H24N2O2/c1-10-2-4-11(5-3-10)8-14-12(15)9-16-7-6-13/h10-11H,2-9,13H2,1H3,(H,14,15). The van der Waals surface area contributed by atoms with Crippen LogP contribution in [-0.4, -0.2) is 32.2 Å². The number of ether oxygens (including phenoxy) is 1. The molecule has 1 aliphatic rings. The molecule has 1 saturated carbocycles. The highest BCUT2D eigenvalue weighted by Crippen LogP contribution is 2.27. The van der Waals surface area contributed by atoms with Gasteiger partial charge in [-0.25, -0.2) is 0 Å². The predicted octanol–water partition coefficient (Wildman–Crippen LogP) is 0.904. The fraction of sp³-hybridized carbons (Fsp3) is 0.917. The van der Waals surface area contributed by atoms with E-state index in [0.717, 1.165) is 12.5 Å². The second-order valence-corrected chi connectivity index (χ2v) is 4.77. The number of hydrogen-bond acceptors (Lipinski definition) is 3. The third-order valence-corrected chi connectivity index (χ3v) is 3.22. The summed E-state index contributed by atoms with van der Waals surface area (Å²) in [5.41, 5.74) is 5.26. The first-order chi connectivity index (χ1) is 7.72. The normalized spacial score (nSPS) is 25.4. The summed E-state index contributed by atoms with van der Waals surface area (Å²) in [5.74, 6) is 1.50. The molecule has 16 heavy (non-hydrogen) atoms. The minimum atomic E-state index is -0.0212. The third kappa shape index (κ3) is 5.47. The first-order valence-corrected chi connectivity index (χ1v) is 6.27. The van der Waals surface area contributed by atoms with Crippen molar-refractivity contribution >= 4 is 5.91 Å². The average molecular weight is 228 g/mol. The lowest BCUT2D eigenvalue weighted by Crippen LogP contribution is -2.33. The number of nitrogens with two attached hydrogens (primary N) is 1. The molecule has 0 atom stereocenters. The van der Waals surface area contributed by atoms with E-state index in [9.17, 15) is 4.79 Å². The highest BCUT2D eigenvalue weighted by molar-refractivity contribution is 5.77. The molecule has 1 fully saturated rings. The van der Waals surface area contributed by atoms with Gasteiger partial charge in [-0.05, 0) is 24.7 Å². The van der Waals surface area contributed by atoms with Crippen LogP contribution in [0.3, 0.4) is 0 Å².